The van der Waals surface area contributed by atoms with Gasteiger partial charge in [0.15, 0.2) is 11.4 Å². The van der Waals surface area contributed by atoms with Crippen LogP contribution in [0.15, 0.2) is 60.1 Å². The molecule has 4 heterocycles. The number of para-hydroxylation sites is 1. The molecule has 4 aliphatic rings. The van der Waals surface area contributed by atoms with Crippen LogP contribution in [0.25, 0.3) is 0 Å². The van der Waals surface area contributed by atoms with Gasteiger partial charge in [0.1, 0.15) is 21.9 Å². The zero-order chi connectivity index (χ0) is 45.8. The quantitative estimate of drug-likeness (QED) is 0.0755. The summed E-state index contributed by atoms with van der Waals surface area (Å²) in [5, 5.41) is 12.0. The number of nitriles is 1. The van der Waals surface area contributed by atoms with Crippen molar-refractivity contribution in [2.45, 2.75) is 126 Å². The van der Waals surface area contributed by atoms with E-state index in [0.717, 1.165) is 36.9 Å². The predicted molar refractivity (Wildman–Crippen MR) is 223 cm³/mol. The molecule has 0 spiro atoms. The van der Waals surface area contributed by atoms with Crippen molar-refractivity contribution in [1.29, 1.82) is 5.26 Å². The Kier molecular flexibility index (Phi) is 14.0. The maximum atomic E-state index is 15.4. The minimum Gasteiger partial charge on any atom is -0.493 e. The number of esters is 1. The Morgan fingerprint density at radius 3 is 2.44 bits per heavy atom. The Morgan fingerprint density at radius 2 is 1.77 bits per heavy atom. The molecule has 1 amide bonds. The van der Waals surface area contributed by atoms with Crippen LogP contribution >= 0.6 is 11.3 Å². The first kappa shape index (κ1) is 46.9. The zero-order valence-electron chi connectivity index (χ0n) is 35.5. The Balaban J connectivity index is 1.19. The number of ketones is 1. The number of ether oxygens (including phenoxy) is 4. The molecule has 17 heteroatoms. The molecule has 1 saturated heterocycles. The van der Waals surface area contributed by atoms with E-state index < -0.39 is 74.3 Å². The summed E-state index contributed by atoms with van der Waals surface area (Å²) in [6.07, 6.45) is -0.0528. The minimum absolute atomic E-state index is 0.0200. The van der Waals surface area contributed by atoms with Gasteiger partial charge in [-0.25, -0.2) is 4.98 Å². The number of hydrogen-bond acceptors (Lipinski definition) is 10. The highest BCUT2D eigenvalue weighted by Crippen LogP contribution is 2.50. The van der Waals surface area contributed by atoms with Crippen molar-refractivity contribution in [3.8, 4) is 23.4 Å². The fraction of sp³-hybridized carbons (Fsp3) is 0.553. The van der Waals surface area contributed by atoms with Crippen molar-refractivity contribution in [2.75, 3.05) is 26.4 Å². The van der Waals surface area contributed by atoms with Crippen LogP contribution in [-0.2, 0) is 32.1 Å². The van der Waals surface area contributed by atoms with Crippen LogP contribution in [0, 0.1) is 22.7 Å². The van der Waals surface area contributed by atoms with Gasteiger partial charge < -0.3 is 23.8 Å². The third-order valence-electron chi connectivity index (χ3n) is 13.3. The molecule has 1 aromatic carbocycles. The van der Waals surface area contributed by atoms with Crippen LogP contribution < -0.4 is 14.2 Å². The smallest absolute Gasteiger partial charge is 0.425 e. The first-order valence-corrected chi connectivity index (χ1v) is 22.8. The Labute approximate surface area is 371 Å². The fourth-order valence-corrected chi connectivity index (χ4v) is 10.5. The maximum absolute atomic E-state index is 15.4. The molecule has 3 fully saturated rings. The average Bonchev–Trinajstić information content (AvgIpc) is 3.74. The molecule has 0 N–H and O–H groups in total. The number of rotatable bonds is 12. The lowest BCUT2D eigenvalue weighted by atomic mass is 9.64. The Morgan fingerprint density at radius 1 is 1.00 bits per heavy atom. The SMILES string of the molecule is CCOC(=O)C1(CCCOc2ccccc2C2(C#N)CCC(C(=O)[C@]3(Oc4csc(C(F)(F)F)c4)CCCN4C(=O)c5c(C(F)(F)F)ccnc5OCCCC=CC[C@@H]43)CC2)CCC1. The van der Waals surface area contributed by atoms with Crippen molar-refractivity contribution in [2.24, 2.45) is 11.3 Å². The molecule has 0 unspecified atom stereocenters. The second kappa shape index (κ2) is 19.2. The molecule has 2 aliphatic carbocycles. The van der Waals surface area contributed by atoms with Gasteiger partial charge in [0, 0.05) is 35.7 Å². The van der Waals surface area contributed by atoms with Gasteiger partial charge in [0.05, 0.1) is 48.3 Å². The molecular formula is C47H51F6N3O7S. The van der Waals surface area contributed by atoms with Crippen molar-refractivity contribution < 1.29 is 59.7 Å². The van der Waals surface area contributed by atoms with E-state index in [1.165, 1.54) is 4.90 Å². The number of carbonyl (C=O) groups is 3. The average molecular weight is 916 g/mol. The number of benzene rings is 1. The summed E-state index contributed by atoms with van der Waals surface area (Å²) in [4.78, 5) is 47.0. The first-order chi connectivity index (χ1) is 30.6. The number of halogens is 6. The van der Waals surface area contributed by atoms with Gasteiger partial charge in [-0.15, -0.1) is 11.3 Å². The van der Waals surface area contributed by atoms with E-state index in [1.54, 1.807) is 37.3 Å². The highest BCUT2D eigenvalue weighted by molar-refractivity contribution is 7.10. The second-order valence-corrected chi connectivity index (χ2v) is 18.0. The fourth-order valence-electron chi connectivity index (χ4n) is 9.87. The summed E-state index contributed by atoms with van der Waals surface area (Å²) in [7, 11) is 0. The Hall–Kier alpha value is -5.11. The highest BCUT2D eigenvalue weighted by atomic mass is 32.1. The van der Waals surface area contributed by atoms with Crippen LogP contribution in [0.5, 0.6) is 17.4 Å². The van der Waals surface area contributed by atoms with E-state index in [2.05, 4.69) is 11.1 Å². The van der Waals surface area contributed by atoms with Gasteiger partial charge in [-0.05, 0) is 103 Å². The van der Waals surface area contributed by atoms with Gasteiger partial charge >= 0.3 is 18.3 Å². The lowest BCUT2D eigenvalue weighted by molar-refractivity contribution is -0.162. The van der Waals surface area contributed by atoms with E-state index in [-0.39, 0.29) is 69.8 Å². The molecule has 2 aliphatic heterocycles. The molecule has 10 nitrogen and oxygen atoms in total. The molecule has 3 aromatic rings. The first-order valence-electron chi connectivity index (χ1n) is 21.9. The standard InChI is InChI=1S/C47H51F6N3O7S/c1-2-60-42(59)43(18-9-19-43)20-11-27-61-35-13-7-6-12-33(35)44(30-54)22-15-31(16-23-44)39(57)45(63-32-28-37(64-29-32)47(51,52)53)21-10-25-56-36(45)14-5-3-4-8-26-62-40-38(41(56)58)34(17-24-55-40)46(48,49)50/h3,5-7,12-13,17,24,28-29,31,36H,2,4,8-11,14-16,18-23,25-27H2,1H3/t31?,36-,44?,45+/m1/s1. The molecule has 64 heavy (non-hydrogen) atoms. The molecule has 2 saturated carbocycles. The number of carbonyl (C=O) groups excluding carboxylic acids is 3. The number of amides is 1. The van der Waals surface area contributed by atoms with Gasteiger partial charge in [-0.2, -0.15) is 31.6 Å². The number of nitrogens with zero attached hydrogens (tertiary/aromatic N) is 3. The molecule has 2 atom stereocenters. The molecule has 344 valence electrons. The van der Waals surface area contributed by atoms with Gasteiger partial charge in [0.2, 0.25) is 5.88 Å². The lowest BCUT2D eigenvalue weighted by Gasteiger charge is -2.50. The molecule has 0 bridgehead atoms. The van der Waals surface area contributed by atoms with E-state index in [1.807, 2.05) is 6.07 Å². The Bertz CT molecular complexity index is 2240. The predicted octanol–water partition coefficient (Wildman–Crippen LogP) is 10.8. The molecule has 7 rings (SSSR count). The van der Waals surface area contributed by atoms with Crippen LogP contribution in [0.2, 0.25) is 0 Å². The number of thiophene rings is 1. The molecule has 0 radical (unpaired) electrons. The lowest BCUT2D eigenvalue weighted by Crippen LogP contribution is -2.66. The summed E-state index contributed by atoms with van der Waals surface area (Å²) in [6, 6.07) is 9.93. The van der Waals surface area contributed by atoms with Crippen molar-refractivity contribution in [3.05, 3.63) is 81.7 Å². The summed E-state index contributed by atoms with van der Waals surface area (Å²) in [5.74, 6) is -2.84. The number of aromatic nitrogens is 1. The van der Waals surface area contributed by atoms with E-state index in [9.17, 15) is 41.2 Å². The number of hydrogen-bond donors (Lipinski definition) is 0. The van der Waals surface area contributed by atoms with Gasteiger partial charge in [-0.3, -0.25) is 14.4 Å². The van der Waals surface area contributed by atoms with Gasteiger partial charge in [0.25, 0.3) is 5.91 Å². The maximum Gasteiger partial charge on any atom is 0.425 e. The van der Waals surface area contributed by atoms with Crippen LogP contribution in [0.3, 0.4) is 0 Å². The van der Waals surface area contributed by atoms with E-state index in [4.69, 9.17) is 18.9 Å². The van der Waals surface area contributed by atoms with Crippen molar-refractivity contribution in [1.82, 2.24) is 9.88 Å². The number of Topliss-reactive ketones (excluding diaryl/α,β-unsaturated/α-hetero) is 1. The summed E-state index contributed by atoms with van der Waals surface area (Å²) < 4.78 is 109. The minimum atomic E-state index is -4.98. The van der Waals surface area contributed by atoms with Gasteiger partial charge in [-0.1, -0.05) is 36.8 Å². The topological polar surface area (TPSA) is 128 Å². The highest BCUT2D eigenvalue weighted by Gasteiger charge is 2.57. The monoisotopic (exact) mass is 915 g/mol. The van der Waals surface area contributed by atoms with Crippen LogP contribution in [0.4, 0.5) is 26.3 Å². The summed E-state index contributed by atoms with van der Waals surface area (Å²) in [6.45, 7) is 2.28. The van der Waals surface area contributed by atoms with E-state index >= 15 is 4.79 Å². The number of allylic oxidation sites excluding steroid dienone is 1. The third kappa shape index (κ3) is 9.48. The number of piperidine rings is 1. The van der Waals surface area contributed by atoms with Crippen LogP contribution in [0.1, 0.15) is 123 Å². The number of pyridine rings is 1. The van der Waals surface area contributed by atoms with Crippen molar-refractivity contribution >= 4 is 29.0 Å². The summed E-state index contributed by atoms with van der Waals surface area (Å²) >= 11 is 0.378. The normalized spacial score (nSPS) is 24.9. The number of fused-ring (bicyclic) bond motifs is 2. The van der Waals surface area contributed by atoms with E-state index in [0.29, 0.717) is 67.6 Å². The largest absolute Gasteiger partial charge is 0.493 e. The molecular weight excluding hydrogens is 865 g/mol. The van der Waals surface area contributed by atoms with Crippen molar-refractivity contribution in [3.63, 3.8) is 0 Å². The second-order valence-electron chi connectivity index (χ2n) is 17.1. The summed E-state index contributed by atoms with van der Waals surface area (Å²) in [5.41, 5.74) is -5.02. The van der Waals surface area contributed by atoms with Crippen LogP contribution in [-0.4, -0.2) is 65.6 Å². The third-order valence-corrected chi connectivity index (χ3v) is 14.3. The molecule has 2 aromatic heterocycles. The number of alkyl halides is 6. The zero-order valence-corrected chi connectivity index (χ0v) is 36.3.